The molecule has 0 saturated carbocycles. The van der Waals surface area contributed by atoms with E-state index < -0.39 is 22.4 Å². The Balaban J connectivity index is 2.71. The van der Waals surface area contributed by atoms with E-state index >= 15 is 0 Å². The van der Waals surface area contributed by atoms with Crippen LogP contribution in [0.3, 0.4) is 0 Å². The Labute approximate surface area is 117 Å². The molecule has 0 unspecified atom stereocenters. The fraction of sp³-hybridized carbons (Fsp3) is 0.273. The van der Waals surface area contributed by atoms with Crippen LogP contribution < -0.4 is 15.2 Å². The molecule has 1 rings (SSSR count). The zero-order valence-electron chi connectivity index (χ0n) is 11.0. The molecule has 9 heteroatoms. The molecule has 0 aliphatic carbocycles. The molecule has 0 aromatic heterocycles. The lowest BCUT2D eigenvalue weighted by Gasteiger charge is -2.11. The van der Waals surface area contributed by atoms with E-state index in [1.165, 1.54) is 24.3 Å². The van der Waals surface area contributed by atoms with Crippen LogP contribution in [0, 0.1) is 5.41 Å². The number of ether oxygens (including phenoxy) is 1. The molecule has 0 fully saturated rings. The lowest BCUT2D eigenvalue weighted by Crippen LogP contribution is -2.36. The van der Waals surface area contributed by atoms with E-state index in [0.717, 1.165) is 0 Å². The van der Waals surface area contributed by atoms with Crippen LogP contribution in [0.2, 0.25) is 0 Å². The van der Waals surface area contributed by atoms with Crippen molar-refractivity contribution in [1.82, 2.24) is 4.72 Å². The Hall–Kier alpha value is -2.29. The van der Waals surface area contributed by atoms with Crippen LogP contribution in [0.15, 0.2) is 24.3 Å². The molecule has 0 aliphatic rings. The Morgan fingerprint density at radius 1 is 1.30 bits per heavy atom. The maximum Gasteiger partial charge on any atom is 0.422 e. The molecular formula is C11H16N4O4S. The van der Waals surface area contributed by atoms with Gasteiger partial charge in [-0.25, -0.2) is 9.52 Å². The SMILES string of the molecule is CC(C)OC(=O)NS(=O)(=O)Nc1ccc(C(=N)N)cc1. The maximum absolute atomic E-state index is 11.6. The average Bonchev–Trinajstić information content (AvgIpc) is 2.26. The number of benzene rings is 1. The van der Waals surface area contributed by atoms with Gasteiger partial charge in [-0.3, -0.25) is 10.1 Å². The van der Waals surface area contributed by atoms with Crippen molar-refractivity contribution in [3.63, 3.8) is 0 Å². The minimum atomic E-state index is -4.07. The summed E-state index contributed by atoms with van der Waals surface area (Å²) < 4.78 is 31.7. The van der Waals surface area contributed by atoms with Crippen molar-refractivity contribution in [2.75, 3.05) is 4.72 Å². The number of anilines is 1. The van der Waals surface area contributed by atoms with Crippen LogP contribution in [-0.4, -0.2) is 26.5 Å². The van der Waals surface area contributed by atoms with Gasteiger partial charge in [0.2, 0.25) is 0 Å². The second-order valence-electron chi connectivity index (χ2n) is 4.15. The highest BCUT2D eigenvalue weighted by atomic mass is 32.2. The fourth-order valence-corrected chi connectivity index (χ4v) is 2.01. The number of hydrogen-bond donors (Lipinski definition) is 4. The Morgan fingerprint density at radius 2 is 1.85 bits per heavy atom. The van der Waals surface area contributed by atoms with Gasteiger partial charge in [-0.05, 0) is 38.1 Å². The standard InChI is InChI=1S/C11H16N4O4S/c1-7(2)19-11(16)15-20(17,18)14-9-5-3-8(4-6-9)10(12)13/h3-7,14H,1-2H3,(H3,12,13)(H,15,16). The van der Waals surface area contributed by atoms with Crippen molar-refractivity contribution in [3.05, 3.63) is 29.8 Å². The molecule has 5 N–H and O–H groups in total. The summed E-state index contributed by atoms with van der Waals surface area (Å²) >= 11 is 0. The Bertz CT molecular complexity index is 595. The second kappa shape index (κ2) is 6.24. The molecule has 0 spiro atoms. The van der Waals surface area contributed by atoms with Gasteiger partial charge in [-0.1, -0.05) is 0 Å². The van der Waals surface area contributed by atoms with E-state index in [1.807, 2.05) is 0 Å². The Morgan fingerprint density at radius 3 is 2.30 bits per heavy atom. The molecule has 0 atom stereocenters. The van der Waals surface area contributed by atoms with Crippen molar-refractivity contribution < 1.29 is 17.9 Å². The first-order valence-electron chi connectivity index (χ1n) is 5.65. The van der Waals surface area contributed by atoms with Gasteiger partial charge >= 0.3 is 16.3 Å². The van der Waals surface area contributed by atoms with Gasteiger partial charge in [-0.15, -0.1) is 0 Å². The minimum absolute atomic E-state index is 0.127. The molecule has 20 heavy (non-hydrogen) atoms. The lowest BCUT2D eigenvalue weighted by atomic mass is 10.2. The molecule has 0 aliphatic heterocycles. The van der Waals surface area contributed by atoms with Gasteiger partial charge < -0.3 is 10.5 Å². The van der Waals surface area contributed by atoms with E-state index in [-0.39, 0.29) is 11.5 Å². The third kappa shape index (κ3) is 5.14. The van der Waals surface area contributed by atoms with Crippen molar-refractivity contribution in [2.45, 2.75) is 20.0 Å². The van der Waals surface area contributed by atoms with Gasteiger partial charge in [-0.2, -0.15) is 8.42 Å². The normalized spacial score (nSPS) is 10.9. The molecule has 1 aromatic carbocycles. The van der Waals surface area contributed by atoms with E-state index in [4.69, 9.17) is 11.1 Å². The summed E-state index contributed by atoms with van der Waals surface area (Å²) in [4.78, 5) is 11.2. The molecule has 0 heterocycles. The van der Waals surface area contributed by atoms with Gasteiger partial charge in [0.1, 0.15) is 5.84 Å². The maximum atomic E-state index is 11.6. The molecule has 1 aromatic rings. The first-order chi connectivity index (χ1) is 9.19. The van der Waals surface area contributed by atoms with Crippen LogP contribution >= 0.6 is 0 Å². The third-order valence-electron chi connectivity index (χ3n) is 2.01. The zero-order chi connectivity index (χ0) is 15.3. The van der Waals surface area contributed by atoms with Gasteiger partial charge in [0.25, 0.3) is 0 Å². The van der Waals surface area contributed by atoms with Crippen molar-refractivity contribution in [3.8, 4) is 0 Å². The quantitative estimate of drug-likeness (QED) is 0.470. The summed E-state index contributed by atoms with van der Waals surface area (Å²) in [6.07, 6.45) is -1.49. The zero-order valence-corrected chi connectivity index (χ0v) is 11.8. The number of nitrogen functional groups attached to an aromatic ring is 1. The molecule has 1 amide bonds. The van der Waals surface area contributed by atoms with E-state index in [0.29, 0.717) is 5.56 Å². The summed E-state index contributed by atoms with van der Waals surface area (Å²) in [7, 11) is -4.07. The minimum Gasteiger partial charge on any atom is -0.446 e. The van der Waals surface area contributed by atoms with Gasteiger partial charge in [0, 0.05) is 5.56 Å². The van der Waals surface area contributed by atoms with E-state index in [1.54, 1.807) is 18.6 Å². The number of carbonyl (C=O) groups excluding carboxylic acids is 1. The summed E-state index contributed by atoms with van der Waals surface area (Å²) in [6.45, 7) is 3.19. The predicted molar refractivity (Wildman–Crippen MR) is 74.8 cm³/mol. The van der Waals surface area contributed by atoms with Crippen LogP contribution in [0.25, 0.3) is 0 Å². The fourth-order valence-electron chi connectivity index (χ4n) is 1.25. The number of rotatable bonds is 5. The number of carbonyl (C=O) groups is 1. The van der Waals surface area contributed by atoms with Crippen LogP contribution in [-0.2, 0) is 14.9 Å². The first kappa shape index (κ1) is 15.8. The highest BCUT2D eigenvalue weighted by Crippen LogP contribution is 2.10. The second-order valence-corrected chi connectivity index (χ2v) is 5.57. The van der Waals surface area contributed by atoms with Crippen molar-refractivity contribution in [2.24, 2.45) is 5.73 Å². The van der Waals surface area contributed by atoms with Crippen LogP contribution in [0.4, 0.5) is 10.5 Å². The number of amidine groups is 1. The van der Waals surface area contributed by atoms with Gasteiger partial charge in [0.15, 0.2) is 0 Å². The topological polar surface area (TPSA) is 134 Å². The molecule has 0 bridgehead atoms. The molecule has 0 saturated heterocycles. The molecule has 0 radical (unpaired) electrons. The number of hydrogen-bond acceptors (Lipinski definition) is 5. The van der Waals surface area contributed by atoms with Crippen LogP contribution in [0.1, 0.15) is 19.4 Å². The number of amides is 1. The monoisotopic (exact) mass is 300 g/mol. The van der Waals surface area contributed by atoms with Gasteiger partial charge in [0.05, 0.1) is 11.8 Å². The first-order valence-corrected chi connectivity index (χ1v) is 7.13. The van der Waals surface area contributed by atoms with Crippen LogP contribution in [0.5, 0.6) is 0 Å². The lowest BCUT2D eigenvalue weighted by molar-refractivity contribution is 0.121. The predicted octanol–water partition coefficient (Wildman–Crippen LogP) is 0.762. The van der Waals surface area contributed by atoms with Crippen molar-refractivity contribution >= 4 is 27.8 Å². The summed E-state index contributed by atoms with van der Waals surface area (Å²) in [5.74, 6) is -0.127. The smallest absolute Gasteiger partial charge is 0.422 e. The molecule has 110 valence electrons. The molecular weight excluding hydrogens is 284 g/mol. The number of nitrogens with one attached hydrogen (secondary N) is 3. The largest absolute Gasteiger partial charge is 0.446 e. The third-order valence-corrected chi connectivity index (χ3v) is 2.95. The highest BCUT2D eigenvalue weighted by Gasteiger charge is 2.16. The van der Waals surface area contributed by atoms with E-state index in [2.05, 4.69) is 9.46 Å². The number of nitrogens with two attached hydrogens (primary N) is 1. The highest BCUT2D eigenvalue weighted by molar-refractivity contribution is 7.91. The van der Waals surface area contributed by atoms with Crippen molar-refractivity contribution in [1.29, 1.82) is 5.41 Å². The van der Waals surface area contributed by atoms with E-state index in [9.17, 15) is 13.2 Å². The molecule has 8 nitrogen and oxygen atoms in total. The average molecular weight is 300 g/mol. The Kier molecular flexibility index (Phi) is 4.92. The summed E-state index contributed by atoms with van der Waals surface area (Å²) in [5.41, 5.74) is 5.95. The summed E-state index contributed by atoms with van der Waals surface area (Å²) in [6, 6.07) is 5.80. The summed E-state index contributed by atoms with van der Waals surface area (Å²) in [5, 5.41) is 7.21.